The Morgan fingerprint density at radius 2 is 2.00 bits per heavy atom. The molecule has 1 N–H and O–H groups in total. The Balaban J connectivity index is 1.58. The Hall–Kier alpha value is -2.47. The minimum Gasteiger partial charge on any atom is -0.372 e. The van der Waals surface area contributed by atoms with Crippen LogP contribution >= 0.6 is 0 Å². The maximum atomic E-state index is 12.0. The SMILES string of the molecule is C[C@H]1CN(c2ccc(CNC(=O)c3ccccn3)cn2)C[C@H](C)O1. The minimum absolute atomic E-state index is 0.185. The molecule has 6 nitrogen and oxygen atoms in total. The van der Waals surface area contributed by atoms with Crippen molar-refractivity contribution in [3.05, 3.63) is 54.0 Å². The molecule has 1 saturated heterocycles. The third-order valence-corrected chi connectivity index (χ3v) is 3.90. The number of amides is 1. The number of pyridine rings is 2. The lowest BCUT2D eigenvalue weighted by Gasteiger charge is -2.36. The molecule has 0 bridgehead atoms. The summed E-state index contributed by atoms with van der Waals surface area (Å²) < 4.78 is 5.75. The van der Waals surface area contributed by atoms with Crippen molar-refractivity contribution in [1.29, 1.82) is 0 Å². The molecule has 0 radical (unpaired) electrons. The van der Waals surface area contributed by atoms with E-state index in [0.29, 0.717) is 12.2 Å². The van der Waals surface area contributed by atoms with Gasteiger partial charge >= 0.3 is 0 Å². The molecule has 0 aliphatic carbocycles. The number of hydrogen-bond acceptors (Lipinski definition) is 5. The minimum atomic E-state index is -0.185. The first-order valence-corrected chi connectivity index (χ1v) is 8.16. The highest BCUT2D eigenvalue weighted by Gasteiger charge is 2.22. The molecule has 2 atom stereocenters. The fourth-order valence-corrected chi connectivity index (χ4v) is 2.84. The molecule has 3 heterocycles. The topological polar surface area (TPSA) is 67.4 Å². The molecule has 3 rings (SSSR count). The van der Waals surface area contributed by atoms with Gasteiger partial charge in [-0.2, -0.15) is 0 Å². The molecule has 1 fully saturated rings. The van der Waals surface area contributed by atoms with E-state index >= 15 is 0 Å². The van der Waals surface area contributed by atoms with Gasteiger partial charge in [-0.15, -0.1) is 0 Å². The number of nitrogens with zero attached hydrogens (tertiary/aromatic N) is 3. The van der Waals surface area contributed by atoms with Gasteiger partial charge in [-0.3, -0.25) is 9.78 Å². The fraction of sp³-hybridized carbons (Fsp3) is 0.389. The Kier molecular flexibility index (Phi) is 5.05. The van der Waals surface area contributed by atoms with Gasteiger partial charge in [-0.25, -0.2) is 4.98 Å². The zero-order chi connectivity index (χ0) is 16.9. The van der Waals surface area contributed by atoms with E-state index in [2.05, 4.69) is 34.0 Å². The molecular formula is C18H22N4O2. The lowest BCUT2D eigenvalue weighted by Crippen LogP contribution is -2.45. The van der Waals surface area contributed by atoms with E-state index in [9.17, 15) is 4.79 Å². The molecule has 0 saturated carbocycles. The fourth-order valence-electron chi connectivity index (χ4n) is 2.84. The third-order valence-electron chi connectivity index (χ3n) is 3.90. The summed E-state index contributed by atoms with van der Waals surface area (Å²) in [6.07, 6.45) is 3.81. The molecule has 24 heavy (non-hydrogen) atoms. The van der Waals surface area contributed by atoms with Crippen molar-refractivity contribution >= 4 is 11.7 Å². The highest BCUT2D eigenvalue weighted by atomic mass is 16.5. The smallest absolute Gasteiger partial charge is 0.270 e. The summed E-state index contributed by atoms with van der Waals surface area (Å²) in [4.78, 5) is 22.8. The molecule has 0 unspecified atom stereocenters. The van der Waals surface area contributed by atoms with Gasteiger partial charge in [0, 0.05) is 32.0 Å². The van der Waals surface area contributed by atoms with Crippen LogP contribution in [0.2, 0.25) is 0 Å². The predicted molar refractivity (Wildman–Crippen MR) is 91.9 cm³/mol. The van der Waals surface area contributed by atoms with Crippen LogP contribution in [-0.4, -0.2) is 41.2 Å². The van der Waals surface area contributed by atoms with E-state index in [1.54, 1.807) is 30.6 Å². The third kappa shape index (κ3) is 4.08. The van der Waals surface area contributed by atoms with E-state index in [-0.39, 0.29) is 18.1 Å². The number of ether oxygens (including phenoxy) is 1. The van der Waals surface area contributed by atoms with Gasteiger partial charge in [0.1, 0.15) is 11.5 Å². The van der Waals surface area contributed by atoms with Crippen molar-refractivity contribution in [2.75, 3.05) is 18.0 Å². The first-order valence-electron chi connectivity index (χ1n) is 8.16. The van der Waals surface area contributed by atoms with Crippen LogP contribution in [0.4, 0.5) is 5.82 Å². The van der Waals surface area contributed by atoms with E-state index < -0.39 is 0 Å². The van der Waals surface area contributed by atoms with Gasteiger partial charge in [0.2, 0.25) is 0 Å². The van der Waals surface area contributed by atoms with E-state index in [1.807, 2.05) is 12.1 Å². The average molecular weight is 326 g/mol. The van der Waals surface area contributed by atoms with E-state index in [4.69, 9.17) is 4.74 Å². The number of carbonyl (C=O) groups excluding carboxylic acids is 1. The van der Waals surface area contributed by atoms with Gasteiger partial charge < -0.3 is 15.0 Å². The number of nitrogens with one attached hydrogen (secondary N) is 1. The second-order valence-electron chi connectivity index (χ2n) is 6.08. The zero-order valence-corrected chi connectivity index (χ0v) is 14.0. The summed E-state index contributed by atoms with van der Waals surface area (Å²) in [5, 5.41) is 2.85. The van der Waals surface area contributed by atoms with Gasteiger partial charge in [-0.1, -0.05) is 12.1 Å². The molecule has 2 aromatic rings. The molecular weight excluding hydrogens is 304 g/mol. The first-order chi connectivity index (χ1) is 11.6. The Labute approximate surface area is 141 Å². The average Bonchev–Trinajstić information content (AvgIpc) is 2.60. The zero-order valence-electron chi connectivity index (χ0n) is 14.0. The van der Waals surface area contributed by atoms with Crippen molar-refractivity contribution in [2.45, 2.75) is 32.6 Å². The highest BCUT2D eigenvalue weighted by Crippen LogP contribution is 2.18. The summed E-state index contributed by atoms with van der Waals surface area (Å²) in [5.41, 5.74) is 1.37. The quantitative estimate of drug-likeness (QED) is 0.931. The first kappa shape index (κ1) is 16.4. The van der Waals surface area contributed by atoms with Crippen molar-refractivity contribution in [1.82, 2.24) is 15.3 Å². The molecule has 126 valence electrons. The Morgan fingerprint density at radius 3 is 2.62 bits per heavy atom. The molecule has 1 aliphatic heterocycles. The van der Waals surface area contributed by atoms with Crippen LogP contribution in [0.15, 0.2) is 42.7 Å². The van der Waals surface area contributed by atoms with Crippen molar-refractivity contribution < 1.29 is 9.53 Å². The van der Waals surface area contributed by atoms with Crippen LogP contribution in [0.1, 0.15) is 29.9 Å². The molecule has 6 heteroatoms. The van der Waals surface area contributed by atoms with Crippen LogP contribution < -0.4 is 10.2 Å². The number of morpholine rings is 1. The van der Waals surface area contributed by atoms with Crippen LogP contribution in [0.3, 0.4) is 0 Å². The maximum absolute atomic E-state index is 12.0. The molecule has 0 aromatic carbocycles. The molecule has 0 spiro atoms. The van der Waals surface area contributed by atoms with E-state index in [1.165, 1.54) is 0 Å². The van der Waals surface area contributed by atoms with Gasteiger partial charge in [0.25, 0.3) is 5.91 Å². The predicted octanol–water partition coefficient (Wildman–Crippen LogP) is 2.02. The van der Waals surface area contributed by atoms with Gasteiger partial charge in [-0.05, 0) is 37.6 Å². The second-order valence-corrected chi connectivity index (χ2v) is 6.08. The number of anilines is 1. The largest absolute Gasteiger partial charge is 0.372 e. The van der Waals surface area contributed by atoms with Crippen molar-refractivity contribution in [2.24, 2.45) is 0 Å². The van der Waals surface area contributed by atoms with E-state index in [0.717, 1.165) is 24.5 Å². The molecule has 1 amide bonds. The lowest BCUT2D eigenvalue weighted by atomic mass is 10.2. The number of aromatic nitrogens is 2. The van der Waals surface area contributed by atoms with Crippen LogP contribution in [0.25, 0.3) is 0 Å². The summed E-state index contributed by atoms with van der Waals surface area (Å²) >= 11 is 0. The van der Waals surface area contributed by atoms with Crippen LogP contribution in [0, 0.1) is 0 Å². The van der Waals surface area contributed by atoms with Crippen molar-refractivity contribution in [3.63, 3.8) is 0 Å². The Bertz CT molecular complexity index is 665. The summed E-state index contributed by atoms with van der Waals surface area (Å²) in [6.45, 7) is 6.26. The summed E-state index contributed by atoms with van der Waals surface area (Å²) in [6, 6.07) is 9.26. The number of hydrogen-bond donors (Lipinski definition) is 1. The highest BCUT2D eigenvalue weighted by molar-refractivity contribution is 5.92. The second kappa shape index (κ2) is 7.40. The van der Waals surface area contributed by atoms with Crippen molar-refractivity contribution in [3.8, 4) is 0 Å². The lowest BCUT2D eigenvalue weighted by molar-refractivity contribution is -0.00546. The normalized spacial score (nSPS) is 20.7. The monoisotopic (exact) mass is 326 g/mol. The number of carbonyl (C=O) groups is 1. The van der Waals surface area contributed by atoms with Crippen LogP contribution in [-0.2, 0) is 11.3 Å². The summed E-state index contributed by atoms with van der Waals surface area (Å²) in [7, 11) is 0. The molecule has 2 aromatic heterocycles. The summed E-state index contributed by atoms with van der Waals surface area (Å²) in [5.74, 6) is 0.757. The van der Waals surface area contributed by atoms with Gasteiger partial charge in [0.15, 0.2) is 0 Å². The van der Waals surface area contributed by atoms with Crippen LogP contribution in [0.5, 0.6) is 0 Å². The number of rotatable bonds is 4. The Morgan fingerprint density at radius 1 is 1.21 bits per heavy atom. The standard InChI is InChI=1S/C18H22N4O2/c1-13-11-22(12-14(2)24-13)17-7-6-15(9-20-17)10-21-18(23)16-5-3-4-8-19-16/h3-9,13-14H,10-12H2,1-2H3,(H,21,23)/t13-,14-/m0/s1. The maximum Gasteiger partial charge on any atom is 0.270 e. The molecule has 1 aliphatic rings. The van der Waals surface area contributed by atoms with Gasteiger partial charge in [0.05, 0.1) is 12.2 Å².